The van der Waals surface area contributed by atoms with Crippen molar-refractivity contribution in [1.82, 2.24) is 35.2 Å². The molecule has 1 aliphatic rings. The molecule has 2 aromatic rings. The summed E-state index contributed by atoms with van der Waals surface area (Å²) < 4.78 is 4.31. The van der Waals surface area contributed by atoms with Gasteiger partial charge in [-0.05, 0) is 46.3 Å². The van der Waals surface area contributed by atoms with E-state index in [0.29, 0.717) is 12.6 Å². The normalized spacial score (nSPS) is 15.2. The smallest absolute Gasteiger partial charge is 0.191 e. The van der Waals surface area contributed by atoms with Gasteiger partial charge in [0.2, 0.25) is 0 Å². The predicted octanol–water partition coefficient (Wildman–Crippen LogP) is 3.15. The van der Waals surface area contributed by atoms with Crippen LogP contribution in [0.3, 0.4) is 0 Å². The quantitative estimate of drug-likeness (QED) is 0.274. The van der Waals surface area contributed by atoms with E-state index < -0.39 is 0 Å². The summed E-state index contributed by atoms with van der Waals surface area (Å²) in [6, 6.07) is 0.579. The summed E-state index contributed by atoms with van der Waals surface area (Å²) in [5.74, 6) is 1.97. The van der Waals surface area contributed by atoms with E-state index in [2.05, 4.69) is 50.6 Å². The zero-order valence-electron chi connectivity index (χ0n) is 19.0. The van der Waals surface area contributed by atoms with E-state index in [0.717, 1.165) is 48.6 Å². The Kier molecular flexibility index (Phi) is 8.18. The Morgan fingerprint density at radius 3 is 2.60 bits per heavy atom. The van der Waals surface area contributed by atoms with Crippen LogP contribution in [0.5, 0.6) is 0 Å². The van der Waals surface area contributed by atoms with Crippen molar-refractivity contribution in [3.05, 3.63) is 22.8 Å². The first kappa shape index (κ1) is 22.7. The summed E-state index contributed by atoms with van der Waals surface area (Å²) >= 11 is 1.70. The van der Waals surface area contributed by atoms with Crippen LogP contribution in [0, 0.1) is 13.8 Å². The zero-order chi connectivity index (χ0) is 21.5. The fraction of sp³-hybridized carbons (Fsp3) is 0.714. The van der Waals surface area contributed by atoms with Gasteiger partial charge in [0.25, 0.3) is 0 Å². The Bertz CT molecular complexity index is 848. The highest BCUT2D eigenvalue weighted by atomic mass is 32.2. The number of nitrogens with zero attached hydrogens (tertiary/aromatic N) is 6. The molecule has 0 aromatic carbocycles. The Morgan fingerprint density at radius 1 is 1.20 bits per heavy atom. The first-order valence-electron chi connectivity index (χ1n) is 11.0. The third kappa shape index (κ3) is 5.36. The number of hydrogen-bond donors (Lipinski definition) is 2. The minimum atomic E-state index is 0.579. The molecule has 2 N–H and O–H groups in total. The van der Waals surface area contributed by atoms with Crippen molar-refractivity contribution < 1.29 is 0 Å². The van der Waals surface area contributed by atoms with Gasteiger partial charge < -0.3 is 15.2 Å². The summed E-state index contributed by atoms with van der Waals surface area (Å²) in [5.41, 5.74) is 3.41. The molecule has 2 heterocycles. The Hall–Kier alpha value is -2.03. The number of guanidine groups is 1. The Labute approximate surface area is 184 Å². The number of thioether (sulfide) groups is 1. The molecule has 0 amide bonds. The molecule has 1 aliphatic carbocycles. The maximum atomic E-state index is 4.77. The van der Waals surface area contributed by atoms with Crippen LogP contribution in [0.15, 0.2) is 10.1 Å². The largest absolute Gasteiger partial charge is 0.357 e. The summed E-state index contributed by atoms with van der Waals surface area (Å²) in [6.07, 6.45) is 9.14. The highest BCUT2D eigenvalue weighted by Crippen LogP contribution is 2.33. The number of aliphatic imine (C=N–C) groups is 1. The number of aryl methyl sites for hydroxylation is 3. The van der Waals surface area contributed by atoms with E-state index in [-0.39, 0.29) is 0 Å². The molecule has 0 aliphatic heterocycles. The van der Waals surface area contributed by atoms with E-state index in [1.165, 1.54) is 36.9 Å². The van der Waals surface area contributed by atoms with Crippen molar-refractivity contribution in [3.8, 4) is 0 Å². The molecular weight excluding hydrogens is 396 g/mol. The molecule has 0 radical (unpaired) electrons. The van der Waals surface area contributed by atoms with Crippen molar-refractivity contribution in [3.63, 3.8) is 0 Å². The van der Waals surface area contributed by atoms with Gasteiger partial charge in [-0.25, -0.2) is 4.99 Å². The Morgan fingerprint density at radius 2 is 1.97 bits per heavy atom. The van der Waals surface area contributed by atoms with E-state index in [1.807, 2.05) is 18.7 Å². The van der Waals surface area contributed by atoms with Crippen molar-refractivity contribution in [2.75, 3.05) is 19.3 Å². The molecule has 0 atom stereocenters. The van der Waals surface area contributed by atoms with Crippen LogP contribution in [0.4, 0.5) is 0 Å². The van der Waals surface area contributed by atoms with Gasteiger partial charge in [0.05, 0.1) is 12.2 Å². The van der Waals surface area contributed by atoms with Crippen molar-refractivity contribution >= 4 is 17.7 Å². The molecule has 9 heteroatoms. The van der Waals surface area contributed by atoms with Gasteiger partial charge in [-0.2, -0.15) is 5.10 Å². The molecule has 3 rings (SSSR count). The summed E-state index contributed by atoms with van der Waals surface area (Å²) in [4.78, 5) is 4.77. The SMILES string of the molecule is CCNC(=NCc1c(C)nn(C)c1C)NCCCc1nnc(SC)n1C1CCCC1. The molecule has 166 valence electrons. The fourth-order valence-electron chi connectivity index (χ4n) is 4.15. The molecule has 0 bridgehead atoms. The number of aromatic nitrogens is 5. The van der Waals surface area contributed by atoms with Crippen LogP contribution in [0.25, 0.3) is 0 Å². The first-order valence-corrected chi connectivity index (χ1v) is 12.3. The van der Waals surface area contributed by atoms with E-state index >= 15 is 0 Å². The minimum absolute atomic E-state index is 0.579. The average molecular weight is 433 g/mol. The third-order valence-corrected chi connectivity index (χ3v) is 6.52. The lowest BCUT2D eigenvalue weighted by Crippen LogP contribution is -2.38. The van der Waals surface area contributed by atoms with Crippen molar-refractivity contribution in [2.45, 2.75) is 77.0 Å². The van der Waals surface area contributed by atoms with Gasteiger partial charge in [-0.15, -0.1) is 10.2 Å². The highest BCUT2D eigenvalue weighted by Gasteiger charge is 2.23. The van der Waals surface area contributed by atoms with Gasteiger partial charge in [-0.3, -0.25) is 4.68 Å². The van der Waals surface area contributed by atoms with E-state index in [4.69, 9.17) is 4.99 Å². The van der Waals surface area contributed by atoms with Gasteiger partial charge >= 0.3 is 0 Å². The third-order valence-electron chi connectivity index (χ3n) is 5.88. The van der Waals surface area contributed by atoms with Gasteiger partial charge in [0, 0.05) is 43.9 Å². The average Bonchev–Trinajstić information content (AvgIpc) is 3.44. The topological polar surface area (TPSA) is 84.9 Å². The molecule has 30 heavy (non-hydrogen) atoms. The second-order valence-corrected chi connectivity index (χ2v) is 8.68. The molecule has 0 saturated heterocycles. The van der Waals surface area contributed by atoms with E-state index in [9.17, 15) is 0 Å². The fourth-order valence-corrected chi connectivity index (χ4v) is 4.72. The van der Waals surface area contributed by atoms with Crippen LogP contribution in [0.1, 0.15) is 67.8 Å². The van der Waals surface area contributed by atoms with Crippen molar-refractivity contribution in [2.24, 2.45) is 12.0 Å². The van der Waals surface area contributed by atoms with Gasteiger partial charge in [-0.1, -0.05) is 24.6 Å². The lowest BCUT2D eigenvalue weighted by atomic mass is 10.2. The molecule has 8 nitrogen and oxygen atoms in total. The Balaban J connectivity index is 1.56. The number of hydrogen-bond acceptors (Lipinski definition) is 5. The van der Waals surface area contributed by atoms with Crippen molar-refractivity contribution in [1.29, 1.82) is 0 Å². The van der Waals surface area contributed by atoms with Crippen LogP contribution in [-0.2, 0) is 20.0 Å². The second kappa shape index (κ2) is 10.8. The molecule has 1 saturated carbocycles. The van der Waals surface area contributed by atoms with E-state index in [1.54, 1.807) is 11.8 Å². The standard InChI is InChI=1S/C21H36N8S/c1-6-22-20(24-14-18-15(2)27-28(4)16(18)3)23-13-9-12-19-25-26-21(30-5)29(19)17-10-7-8-11-17/h17H,6-14H2,1-5H3,(H2,22,23,24). The second-order valence-electron chi connectivity index (χ2n) is 7.91. The van der Waals surface area contributed by atoms with Crippen LogP contribution in [0.2, 0.25) is 0 Å². The van der Waals surface area contributed by atoms with Gasteiger partial charge in [0.15, 0.2) is 11.1 Å². The zero-order valence-corrected chi connectivity index (χ0v) is 19.8. The van der Waals surface area contributed by atoms with Crippen LogP contribution in [-0.4, -0.2) is 49.8 Å². The lowest BCUT2D eigenvalue weighted by molar-refractivity contribution is 0.460. The highest BCUT2D eigenvalue weighted by molar-refractivity contribution is 7.98. The molecule has 1 fully saturated rings. The maximum Gasteiger partial charge on any atom is 0.191 e. The maximum absolute atomic E-state index is 4.77. The minimum Gasteiger partial charge on any atom is -0.357 e. The predicted molar refractivity (Wildman–Crippen MR) is 123 cm³/mol. The van der Waals surface area contributed by atoms with Gasteiger partial charge in [0.1, 0.15) is 5.82 Å². The summed E-state index contributed by atoms with van der Waals surface area (Å²) in [5, 5.41) is 21.3. The summed E-state index contributed by atoms with van der Waals surface area (Å²) in [7, 11) is 1.98. The van der Waals surface area contributed by atoms with Crippen LogP contribution >= 0.6 is 11.8 Å². The molecule has 0 spiro atoms. The first-order chi connectivity index (χ1) is 14.5. The van der Waals surface area contributed by atoms with Crippen LogP contribution < -0.4 is 10.6 Å². The monoisotopic (exact) mass is 432 g/mol. The summed E-state index contributed by atoms with van der Waals surface area (Å²) in [6.45, 7) is 8.54. The molecular formula is C21H36N8S. The number of nitrogens with one attached hydrogen (secondary N) is 2. The molecule has 2 aromatic heterocycles. The molecule has 0 unspecified atom stereocenters. The lowest BCUT2D eigenvalue weighted by Gasteiger charge is -2.16. The number of rotatable bonds is 9.